The lowest BCUT2D eigenvalue weighted by Gasteiger charge is -2.52. The number of benzene rings is 1. The van der Waals surface area contributed by atoms with Gasteiger partial charge in [0.15, 0.2) is 0 Å². The van der Waals surface area contributed by atoms with Gasteiger partial charge in [0.05, 0.1) is 5.54 Å². The van der Waals surface area contributed by atoms with Crippen molar-refractivity contribution in [3.8, 4) is 0 Å². The number of nitrogens with one attached hydrogen (secondary N) is 1. The smallest absolute Gasteiger partial charge is 0.321 e. The van der Waals surface area contributed by atoms with Crippen LogP contribution in [0.15, 0.2) is 24.3 Å². The number of nitrogens with zero attached hydrogens (tertiary/aromatic N) is 1. The summed E-state index contributed by atoms with van der Waals surface area (Å²) in [4.78, 5) is 18.5. The van der Waals surface area contributed by atoms with Gasteiger partial charge in [-0.1, -0.05) is 76.5 Å². The molecule has 0 amide bonds. The van der Waals surface area contributed by atoms with Crippen LogP contribution in [0.4, 0.5) is 0 Å². The third-order valence-electron chi connectivity index (χ3n) is 7.32. The molecule has 1 aliphatic heterocycles. The lowest BCUT2D eigenvalue weighted by molar-refractivity contribution is -0.149. The molecule has 1 fully saturated rings. The predicted molar refractivity (Wildman–Crippen MR) is 118 cm³/mol. The van der Waals surface area contributed by atoms with Crippen LogP contribution in [-0.4, -0.2) is 33.5 Å². The van der Waals surface area contributed by atoms with E-state index in [9.17, 15) is 9.90 Å². The topological polar surface area (TPSA) is 56.3 Å². The maximum absolute atomic E-state index is 12.4. The molecule has 2 aliphatic rings. The molecule has 1 saturated carbocycles. The molecule has 2 aromatic rings. The molecule has 4 nitrogen and oxygen atoms in total. The molecule has 2 heterocycles. The molecule has 158 valence electrons. The lowest BCUT2D eigenvalue weighted by Crippen LogP contribution is -2.59. The van der Waals surface area contributed by atoms with Gasteiger partial charge in [0, 0.05) is 23.0 Å². The van der Waals surface area contributed by atoms with Gasteiger partial charge in [-0.05, 0) is 37.4 Å². The van der Waals surface area contributed by atoms with Crippen molar-refractivity contribution in [1.29, 1.82) is 0 Å². The Hall–Kier alpha value is -1.81. The minimum absolute atomic E-state index is 0.128. The Labute approximate surface area is 174 Å². The fourth-order valence-corrected chi connectivity index (χ4v) is 5.88. The number of unbranched alkanes of at least 4 members (excludes halogenated alkanes) is 5. The number of hydrogen-bond acceptors (Lipinski definition) is 2. The van der Waals surface area contributed by atoms with Gasteiger partial charge in [-0.3, -0.25) is 9.69 Å². The molecule has 1 aromatic carbocycles. The molecule has 29 heavy (non-hydrogen) atoms. The first kappa shape index (κ1) is 20.5. The predicted octanol–water partition coefficient (Wildman–Crippen LogP) is 6.00. The van der Waals surface area contributed by atoms with E-state index in [1.54, 1.807) is 0 Å². The van der Waals surface area contributed by atoms with Crippen LogP contribution >= 0.6 is 0 Å². The summed E-state index contributed by atoms with van der Waals surface area (Å²) in [6.45, 7) is 3.15. The van der Waals surface area contributed by atoms with E-state index >= 15 is 0 Å². The van der Waals surface area contributed by atoms with Crippen molar-refractivity contribution < 1.29 is 9.90 Å². The minimum atomic E-state index is -0.656. The van der Waals surface area contributed by atoms with Gasteiger partial charge in [0.1, 0.15) is 6.04 Å². The summed E-state index contributed by atoms with van der Waals surface area (Å²) < 4.78 is 0. The highest BCUT2D eigenvalue weighted by Gasteiger charge is 2.50. The molecule has 4 heteroatoms. The number of carboxylic acids is 1. The summed E-state index contributed by atoms with van der Waals surface area (Å²) in [5.74, 6) is -0.656. The third kappa shape index (κ3) is 3.84. The summed E-state index contributed by atoms with van der Waals surface area (Å²) in [6.07, 6.45) is 13.9. The van der Waals surface area contributed by atoms with Gasteiger partial charge in [-0.2, -0.15) is 0 Å². The second kappa shape index (κ2) is 8.91. The molecule has 1 spiro atoms. The van der Waals surface area contributed by atoms with Crippen molar-refractivity contribution in [3.63, 3.8) is 0 Å². The number of para-hydroxylation sites is 1. The summed E-state index contributed by atoms with van der Waals surface area (Å²) >= 11 is 0. The number of hydrogen-bond donors (Lipinski definition) is 2. The zero-order chi connectivity index (χ0) is 20.3. The quantitative estimate of drug-likeness (QED) is 0.538. The van der Waals surface area contributed by atoms with Crippen molar-refractivity contribution >= 4 is 16.9 Å². The van der Waals surface area contributed by atoms with Crippen LogP contribution in [0.5, 0.6) is 0 Å². The Morgan fingerprint density at radius 2 is 1.83 bits per heavy atom. The summed E-state index contributed by atoms with van der Waals surface area (Å²) in [5, 5.41) is 11.4. The van der Waals surface area contributed by atoms with Gasteiger partial charge in [-0.15, -0.1) is 0 Å². The summed E-state index contributed by atoms with van der Waals surface area (Å²) in [5.41, 5.74) is 3.61. The van der Waals surface area contributed by atoms with E-state index in [2.05, 4.69) is 41.1 Å². The van der Waals surface area contributed by atoms with Crippen LogP contribution in [0.3, 0.4) is 0 Å². The zero-order valence-corrected chi connectivity index (χ0v) is 17.9. The maximum Gasteiger partial charge on any atom is 0.321 e. The van der Waals surface area contributed by atoms with E-state index in [0.717, 1.165) is 31.3 Å². The highest BCUT2D eigenvalue weighted by molar-refractivity contribution is 5.87. The Balaban J connectivity index is 1.66. The Bertz CT molecular complexity index is 834. The normalized spacial score (nSPS) is 21.5. The standard InChI is InChI=1S/C25H36N2O2/c1-2-3-4-5-6-12-17-27-22(24(28)29)18-20-19-13-8-9-14-21(19)26-23(20)25(27)15-10-7-11-16-25/h8-9,13-14,22,26H,2-7,10-12,15-18H2,1H3,(H,28,29). The molecule has 2 N–H and O–H groups in total. The molecule has 1 aromatic heterocycles. The van der Waals surface area contributed by atoms with Crippen molar-refractivity contribution in [2.24, 2.45) is 0 Å². The number of aromatic nitrogens is 1. The van der Waals surface area contributed by atoms with Crippen LogP contribution in [0, 0.1) is 0 Å². The first-order chi connectivity index (χ1) is 14.2. The second-order valence-corrected chi connectivity index (χ2v) is 9.14. The number of rotatable bonds is 8. The van der Waals surface area contributed by atoms with E-state index in [4.69, 9.17) is 0 Å². The summed E-state index contributed by atoms with van der Waals surface area (Å²) in [7, 11) is 0. The molecule has 0 radical (unpaired) electrons. The van der Waals surface area contributed by atoms with E-state index in [0.29, 0.717) is 6.42 Å². The monoisotopic (exact) mass is 396 g/mol. The van der Waals surface area contributed by atoms with Crippen molar-refractivity contribution in [3.05, 3.63) is 35.5 Å². The van der Waals surface area contributed by atoms with Crippen LogP contribution in [0.1, 0.15) is 88.8 Å². The molecule has 1 aliphatic carbocycles. The number of aliphatic carboxylic acids is 1. The maximum atomic E-state index is 12.4. The summed E-state index contributed by atoms with van der Waals surface area (Å²) in [6, 6.07) is 8.03. The highest BCUT2D eigenvalue weighted by atomic mass is 16.4. The highest BCUT2D eigenvalue weighted by Crippen LogP contribution is 2.49. The van der Waals surface area contributed by atoms with Crippen molar-refractivity contribution in [2.75, 3.05) is 6.54 Å². The largest absolute Gasteiger partial charge is 0.480 e. The van der Waals surface area contributed by atoms with Crippen molar-refractivity contribution in [2.45, 2.75) is 95.6 Å². The SMILES string of the molecule is CCCCCCCCN1C(C(=O)O)Cc2c([nH]c3ccccc23)C12CCCCC2. The van der Waals surface area contributed by atoms with E-state index in [-0.39, 0.29) is 5.54 Å². The minimum Gasteiger partial charge on any atom is -0.480 e. The van der Waals surface area contributed by atoms with Gasteiger partial charge in [0.2, 0.25) is 0 Å². The molecule has 1 atom stereocenters. The fourth-order valence-electron chi connectivity index (χ4n) is 5.88. The number of carbonyl (C=O) groups is 1. The molecule has 4 rings (SSSR count). The van der Waals surface area contributed by atoms with Crippen LogP contribution in [0.25, 0.3) is 10.9 Å². The third-order valence-corrected chi connectivity index (χ3v) is 7.32. The zero-order valence-electron chi connectivity index (χ0n) is 17.9. The number of carboxylic acid groups (broad SMARTS) is 1. The van der Waals surface area contributed by atoms with Crippen LogP contribution in [0.2, 0.25) is 0 Å². The Morgan fingerprint density at radius 3 is 2.59 bits per heavy atom. The Morgan fingerprint density at radius 1 is 1.10 bits per heavy atom. The molecule has 0 saturated heterocycles. The van der Waals surface area contributed by atoms with Gasteiger partial charge in [-0.25, -0.2) is 0 Å². The van der Waals surface area contributed by atoms with E-state index in [1.165, 1.54) is 68.0 Å². The molecule has 0 bridgehead atoms. The Kier molecular flexibility index (Phi) is 6.29. The number of aromatic amines is 1. The van der Waals surface area contributed by atoms with E-state index in [1.807, 2.05) is 0 Å². The first-order valence-electron chi connectivity index (χ1n) is 11.8. The number of H-pyrrole nitrogens is 1. The lowest BCUT2D eigenvalue weighted by atomic mass is 9.72. The van der Waals surface area contributed by atoms with Crippen molar-refractivity contribution in [1.82, 2.24) is 9.88 Å². The van der Waals surface area contributed by atoms with Crippen LogP contribution in [-0.2, 0) is 16.8 Å². The van der Waals surface area contributed by atoms with Gasteiger partial charge < -0.3 is 10.1 Å². The average Bonchev–Trinajstić information content (AvgIpc) is 3.12. The molecular weight excluding hydrogens is 360 g/mol. The van der Waals surface area contributed by atoms with Crippen LogP contribution < -0.4 is 0 Å². The fraction of sp³-hybridized carbons (Fsp3) is 0.640. The first-order valence-corrected chi connectivity index (χ1v) is 11.8. The van der Waals surface area contributed by atoms with Gasteiger partial charge in [0.25, 0.3) is 0 Å². The average molecular weight is 397 g/mol. The second-order valence-electron chi connectivity index (χ2n) is 9.14. The molecule has 1 unspecified atom stereocenters. The van der Waals surface area contributed by atoms with Gasteiger partial charge >= 0.3 is 5.97 Å². The molecular formula is C25H36N2O2. The number of fused-ring (bicyclic) bond motifs is 4. The van der Waals surface area contributed by atoms with E-state index < -0.39 is 12.0 Å².